The van der Waals surface area contributed by atoms with Gasteiger partial charge in [-0.2, -0.15) is 0 Å². The number of hydrogen-bond acceptors (Lipinski definition) is 5. The highest BCUT2D eigenvalue weighted by Gasteiger charge is 2.49. The molecule has 0 radical (unpaired) electrons. The second-order valence-corrected chi connectivity index (χ2v) is 7.13. The summed E-state index contributed by atoms with van der Waals surface area (Å²) >= 11 is 0. The van der Waals surface area contributed by atoms with Crippen molar-refractivity contribution in [2.75, 3.05) is 7.11 Å². The number of aromatic nitrogens is 1. The normalized spacial score (nSPS) is 22.0. The summed E-state index contributed by atoms with van der Waals surface area (Å²) < 4.78 is 5.22. The average Bonchev–Trinajstić information content (AvgIpc) is 3.35. The third-order valence-corrected chi connectivity index (χ3v) is 5.51. The van der Waals surface area contributed by atoms with Crippen LogP contribution in [0.5, 0.6) is 5.75 Å². The molecule has 0 bridgehead atoms. The Balaban J connectivity index is 1.88. The van der Waals surface area contributed by atoms with Crippen molar-refractivity contribution in [1.82, 2.24) is 9.88 Å². The van der Waals surface area contributed by atoms with E-state index in [1.165, 1.54) is 7.11 Å². The van der Waals surface area contributed by atoms with E-state index in [9.17, 15) is 14.7 Å². The largest absolute Gasteiger partial charge is 0.507 e. The molecular weight excluding hydrogens is 356 g/mol. The van der Waals surface area contributed by atoms with E-state index in [4.69, 9.17) is 4.74 Å². The zero-order valence-electron chi connectivity index (χ0n) is 15.7. The minimum Gasteiger partial charge on any atom is -0.507 e. The van der Waals surface area contributed by atoms with Gasteiger partial charge in [0.2, 0.25) is 0 Å². The summed E-state index contributed by atoms with van der Waals surface area (Å²) in [5.41, 5.74) is 1.10. The van der Waals surface area contributed by atoms with Gasteiger partial charge in [-0.1, -0.05) is 31.0 Å². The summed E-state index contributed by atoms with van der Waals surface area (Å²) in [6.07, 6.45) is 5.40. The lowest BCUT2D eigenvalue weighted by Gasteiger charge is -2.30. The SMILES string of the molecule is COc1cccc(/C(O)=C2/C(=O)C(=O)N(C3CCCC3)C2c2ccccn2)c1. The summed E-state index contributed by atoms with van der Waals surface area (Å²) in [6.45, 7) is 0. The molecule has 4 rings (SSSR count). The molecule has 1 aromatic heterocycles. The van der Waals surface area contributed by atoms with Crippen molar-refractivity contribution in [3.05, 3.63) is 65.5 Å². The molecule has 0 spiro atoms. The third-order valence-electron chi connectivity index (χ3n) is 5.51. The van der Waals surface area contributed by atoms with Gasteiger partial charge in [0.15, 0.2) is 0 Å². The van der Waals surface area contributed by atoms with Crippen LogP contribution in [-0.4, -0.2) is 39.8 Å². The fourth-order valence-electron chi connectivity index (χ4n) is 4.16. The highest BCUT2D eigenvalue weighted by Crippen LogP contribution is 2.42. The molecule has 1 saturated carbocycles. The summed E-state index contributed by atoms with van der Waals surface area (Å²) in [5, 5.41) is 11.0. The van der Waals surface area contributed by atoms with Gasteiger partial charge in [-0.05, 0) is 37.1 Å². The van der Waals surface area contributed by atoms with Crippen LogP contribution in [0.2, 0.25) is 0 Å². The third kappa shape index (κ3) is 3.05. The van der Waals surface area contributed by atoms with Crippen LogP contribution >= 0.6 is 0 Å². The van der Waals surface area contributed by atoms with Gasteiger partial charge in [0.1, 0.15) is 17.6 Å². The lowest BCUT2D eigenvalue weighted by Crippen LogP contribution is -2.37. The lowest BCUT2D eigenvalue weighted by atomic mass is 9.97. The molecular formula is C22H22N2O4. The molecule has 1 unspecified atom stereocenters. The van der Waals surface area contributed by atoms with E-state index in [-0.39, 0.29) is 17.4 Å². The highest BCUT2D eigenvalue weighted by molar-refractivity contribution is 6.46. The van der Waals surface area contributed by atoms with Crippen LogP contribution in [0.1, 0.15) is 43.0 Å². The van der Waals surface area contributed by atoms with Gasteiger partial charge in [0.25, 0.3) is 11.7 Å². The molecule has 1 aliphatic carbocycles. The minimum absolute atomic E-state index is 0.0148. The minimum atomic E-state index is -0.685. The van der Waals surface area contributed by atoms with E-state index in [0.717, 1.165) is 25.7 Å². The molecule has 1 aromatic carbocycles. The molecule has 1 aliphatic heterocycles. The molecule has 1 atom stereocenters. The van der Waals surface area contributed by atoms with E-state index in [2.05, 4.69) is 4.98 Å². The topological polar surface area (TPSA) is 79.7 Å². The predicted octanol–water partition coefficient (Wildman–Crippen LogP) is 3.45. The number of nitrogens with zero attached hydrogens (tertiary/aromatic N) is 2. The number of amides is 1. The second kappa shape index (κ2) is 7.46. The van der Waals surface area contributed by atoms with Crippen LogP contribution in [0.25, 0.3) is 5.76 Å². The fraction of sp³-hybridized carbons (Fsp3) is 0.318. The number of aliphatic hydroxyl groups excluding tert-OH is 1. The maximum absolute atomic E-state index is 13.0. The number of methoxy groups -OCH3 is 1. The van der Waals surface area contributed by atoms with E-state index >= 15 is 0 Å². The maximum atomic E-state index is 13.0. The van der Waals surface area contributed by atoms with Crippen molar-refractivity contribution in [3.63, 3.8) is 0 Å². The van der Waals surface area contributed by atoms with Gasteiger partial charge in [0.05, 0.1) is 18.4 Å². The molecule has 144 valence electrons. The van der Waals surface area contributed by atoms with E-state index in [1.54, 1.807) is 47.5 Å². The van der Waals surface area contributed by atoms with Crippen LogP contribution in [0.4, 0.5) is 0 Å². The Morgan fingerprint density at radius 1 is 1.14 bits per heavy atom. The number of ether oxygens (including phenoxy) is 1. The first-order valence-electron chi connectivity index (χ1n) is 9.47. The number of benzene rings is 1. The lowest BCUT2D eigenvalue weighted by molar-refractivity contribution is -0.141. The first-order valence-corrected chi connectivity index (χ1v) is 9.47. The van der Waals surface area contributed by atoms with Gasteiger partial charge >= 0.3 is 0 Å². The number of carbonyl (C=O) groups is 2. The molecule has 1 saturated heterocycles. The number of aliphatic hydroxyl groups is 1. The molecule has 2 fully saturated rings. The number of Topliss-reactive ketones (excluding diaryl/α,β-unsaturated/α-hetero) is 1. The van der Waals surface area contributed by atoms with E-state index in [1.807, 2.05) is 6.07 Å². The zero-order chi connectivity index (χ0) is 19.7. The quantitative estimate of drug-likeness (QED) is 0.501. The monoisotopic (exact) mass is 378 g/mol. The predicted molar refractivity (Wildman–Crippen MR) is 104 cm³/mol. The first-order chi connectivity index (χ1) is 13.6. The van der Waals surface area contributed by atoms with Crippen molar-refractivity contribution in [1.29, 1.82) is 0 Å². The molecule has 2 aliphatic rings. The number of pyridine rings is 1. The number of hydrogen-bond donors (Lipinski definition) is 1. The molecule has 6 nitrogen and oxygen atoms in total. The fourth-order valence-corrected chi connectivity index (χ4v) is 4.16. The van der Waals surface area contributed by atoms with Gasteiger partial charge in [-0.25, -0.2) is 0 Å². The van der Waals surface area contributed by atoms with Crippen molar-refractivity contribution < 1.29 is 19.4 Å². The van der Waals surface area contributed by atoms with Crippen molar-refractivity contribution >= 4 is 17.4 Å². The first kappa shape index (κ1) is 18.2. The van der Waals surface area contributed by atoms with Crippen LogP contribution in [0.3, 0.4) is 0 Å². The van der Waals surface area contributed by atoms with E-state index < -0.39 is 17.7 Å². The van der Waals surface area contributed by atoms with Crippen LogP contribution < -0.4 is 4.74 Å². The van der Waals surface area contributed by atoms with Crippen molar-refractivity contribution in [2.45, 2.75) is 37.8 Å². The Bertz CT molecular complexity index is 933. The van der Waals surface area contributed by atoms with Crippen LogP contribution in [0.15, 0.2) is 54.2 Å². The number of carbonyl (C=O) groups excluding carboxylic acids is 2. The van der Waals surface area contributed by atoms with E-state index in [0.29, 0.717) is 17.0 Å². The Kier molecular flexibility index (Phi) is 4.86. The molecule has 2 heterocycles. The second-order valence-electron chi connectivity index (χ2n) is 7.13. The van der Waals surface area contributed by atoms with Gasteiger partial charge in [0, 0.05) is 17.8 Å². The molecule has 28 heavy (non-hydrogen) atoms. The standard InChI is InChI=1S/C22H22N2O4/c1-28-16-10-6-7-14(13-16)20(25)18-19(17-11-4-5-12-23-17)24(22(27)21(18)26)15-8-2-3-9-15/h4-7,10-13,15,19,25H,2-3,8-9H2,1H3/b20-18-. The zero-order valence-corrected chi connectivity index (χ0v) is 15.7. The van der Waals surface area contributed by atoms with Crippen LogP contribution in [0, 0.1) is 0 Å². The number of rotatable bonds is 4. The van der Waals surface area contributed by atoms with Gasteiger partial charge < -0.3 is 14.7 Å². The molecule has 2 aromatic rings. The van der Waals surface area contributed by atoms with Gasteiger partial charge in [-0.15, -0.1) is 0 Å². The Morgan fingerprint density at radius 2 is 1.93 bits per heavy atom. The Labute approximate surface area is 163 Å². The molecule has 1 N–H and O–H groups in total. The van der Waals surface area contributed by atoms with Crippen molar-refractivity contribution in [3.8, 4) is 5.75 Å². The number of ketones is 1. The summed E-state index contributed by atoms with van der Waals surface area (Å²) in [4.78, 5) is 31.9. The summed E-state index contributed by atoms with van der Waals surface area (Å²) in [5.74, 6) is -0.869. The van der Waals surface area contributed by atoms with Crippen molar-refractivity contribution in [2.24, 2.45) is 0 Å². The summed E-state index contributed by atoms with van der Waals surface area (Å²) in [7, 11) is 1.53. The number of likely N-dealkylation sites (tertiary alicyclic amines) is 1. The molecule has 6 heteroatoms. The summed E-state index contributed by atoms with van der Waals surface area (Å²) in [6, 6.07) is 11.5. The van der Waals surface area contributed by atoms with Gasteiger partial charge in [-0.3, -0.25) is 14.6 Å². The Morgan fingerprint density at radius 3 is 2.61 bits per heavy atom. The van der Waals surface area contributed by atoms with Crippen LogP contribution in [-0.2, 0) is 9.59 Å². The average molecular weight is 378 g/mol. The Hall–Kier alpha value is -3.15. The highest BCUT2D eigenvalue weighted by atomic mass is 16.5. The molecule has 1 amide bonds. The maximum Gasteiger partial charge on any atom is 0.295 e. The smallest absolute Gasteiger partial charge is 0.295 e.